The van der Waals surface area contributed by atoms with Gasteiger partial charge >= 0.3 is 0 Å². The lowest BCUT2D eigenvalue weighted by atomic mass is 10.1. The van der Waals surface area contributed by atoms with Crippen LogP contribution in [0.3, 0.4) is 0 Å². The molecule has 3 aromatic rings. The normalized spacial score (nSPS) is 11.3. The minimum atomic E-state index is -0.256. The Labute approximate surface area is 166 Å². The van der Waals surface area contributed by atoms with Crippen LogP contribution in [-0.4, -0.2) is 21.6 Å². The number of benzene rings is 2. The number of thioether (sulfide) groups is 1. The van der Waals surface area contributed by atoms with Gasteiger partial charge in [-0.15, -0.1) is 0 Å². The SMILES string of the molecule is CC(=NNC(=O)c1ccc(CSc2ncccn2)cc1)c1ccc(Cl)cc1. The molecule has 5 nitrogen and oxygen atoms in total. The van der Waals surface area contributed by atoms with Crippen LogP contribution >= 0.6 is 23.4 Å². The van der Waals surface area contributed by atoms with E-state index >= 15 is 0 Å². The summed E-state index contributed by atoms with van der Waals surface area (Å²) in [5, 5.41) is 5.54. The van der Waals surface area contributed by atoms with E-state index in [-0.39, 0.29) is 5.91 Å². The minimum absolute atomic E-state index is 0.256. The lowest BCUT2D eigenvalue weighted by molar-refractivity contribution is 0.0955. The number of nitrogens with one attached hydrogen (secondary N) is 1. The first kappa shape index (κ1) is 19.1. The highest BCUT2D eigenvalue weighted by molar-refractivity contribution is 7.98. The Balaban J connectivity index is 1.57. The smallest absolute Gasteiger partial charge is 0.267 e. The maximum atomic E-state index is 12.3. The maximum Gasteiger partial charge on any atom is 0.271 e. The van der Waals surface area contributed by atoms with Gasteiger partial charge in [-0.25, -0.2) is 15.4 Å². The van der Waals surface area contributed by atoms with Gasteiger partial charge in [0.25, 0.3) is 5.91 Å². The molecule has 1 aromatic heterocycles. The van der Waals surface area contributed by atoms with E-state index in [0.29, 0.717) is 16.3 Å². The fourth-order valence-electron chi connectivity index (χ4n) is 2.21. The molecule has 7 heteroatoms. The highest BCUT2D eigenvalue weighted by Gasteiger charge is 2.06. The predicted molar refractivity (Wildman–Crippen MR) is 109 cm³/mol. The van der Waals surface area contributed by atoms with Gasteiger partial charge in [0.2, 0.25) is 0 Å². The molecule has 1 heterocycles. The summed E-state index contributed by atoms with van der Waals surface area (Å²) in [6.07, 6.45) is 3.44. The molecule has 0 spiro atoms. The minimum Gasteiger partial charge on any atom is -0.267 e. The van der Waals surface area contributed by atoms with Gasteiger partial charge in [0.15, 0.2) is 5.16 Å². The Morgan fingerprint density at radius 1 is 1.04 bits per heavy atom. The van der Waals surface area contributed by atoms with Gasteiger partial charge < -0.3 is 0 Å². The van der Waals surface area contributed by atoms with Crippen molar-refractivity contribution < 1.29 is 4.79 Å². The van der Waals surface area contributed by atoms with Crippen molar-refractivity contribution in [3.05, 3.63) is 88.7 Å². The molecular weight excluding hydrogens is 380 g/mol. The zero-order chi connectivity index (χ0) is 19.1. The van der Waals surface area contributed by atoms with Crippen molar-refractivity contribution in [1.82, 2.24) is 15.4 Å². The molecule has 0 atom stereocenters. The van der Waals surface area contributed by atoms with E-state index in [1.54, 1.807) is 54.5 Å². The average Bonchev–Trinajstić information content (AvgIpc) is 2.72. The molecule has 27 heavy (non-hydrogen) atoms. The monoisotopic (exact) mass is 396 g/mol. The number of amides is 1. The van der Waals surface area contributed by atoms with Crippen molar-refractivity contribution >= 4 is 35.0 Å². The molecule has 136 valence electrons. The van der Waals surface area contributed by atoms with Gasteiger partial charge in [-0.2, -0.15) is 5.10 Å². The van der Waals surface area contributed by atoms with Gasteiger partial charge in [0.1, 0.15) is 0 Å². The van der Waals surface area contributed by atoms with Gasteiger partial charge in [-0.05, 0) is 48.4 Å². The van der Waals surface area contributed by atoms with Crippen molar-refractivity contribution in [3.63, 3.8) is 0 Å². The van der Waals surface area contributed by atoms with Crippen molar-refractivity contribution in [1.29, 1.82) is 0 Å². The number of hydrogen-bond donors (Lipinski definition) is 1. The number of nitrogens with zero attached hydrogens (tertiary/aromatic N) is 3. The van der Waals surface area contributed by atoms with Crippen molar-refractivity contribution in [3.8, 4) is 0 Å². The summed E-state index contributed by atoms with van der Waals surface area (Å²) < 4.78 is 0. The number of halogens is 1. The van der Waals surface area contributed by atoms with E-state index < -0.39 is 0 Å². The number of rotatable bonds is 6. The molecular formula is C20H17ClN4OS. The van der Waals surface area contributed by atoms with Gasteiger partial charge in [0, 0.05) is 28.7 Å². The quantitative estimate of drug-likeness (QED) is 0.286. The third kappa shape index (κ3) is 5.64. The fourth-order valence-corrected chi connectivity index (χ4v) is 3.10. The molecule has 3 rings (SSSR count). The average molecular weight is 397 g/mol. The van der Waals surface area contributed by atoms with E-state index in [0.717, 1.165) is 22.0 Å². The molecule has 2 aromatic carbocycles. The van der Waals surface area contributed by atoms with Crippen LogP contribution in [0.1, 0.15) is 28.4 Å². The Morgan fingerprint density at radius 3 is 2.33 bits per heavy atom. The third-order valence-electron chi connectivity index (χ3n) is 3.71. The number of hydrazone groups is 1. The summed E-state index contributed by atoms with van der Waals surface area (Å²) in [5.41, 5.74) is 5.82. The van der Waals surface area contributed by atoms with Crippen LogP contribution in [0.25, 0.3) is 0 Å². The van der Waals surface area contributed by atoms with Gasteiger partial charge in [0.05, 0.1) is 5.71 Å². The van der Waals surface area contributed by atoms with Crippen LogP contribution in [0.2, 0.25) is 5.02 Å². The lowest BCUT2D eigenvalue weighted by Gasteiger charge is -2.05. The fraction of sp³-hybridized carbons (Fsp3) is 0.100. The first-order valence-electron chi connectivity index (χ1n) is 8.21. The van der Waals surface area contributed by atoms with Crippen LogP contribution in [0.4, 0.5) is 0 Å². The molecule has 0 radical (unpaired) electrons. The second-order valence-electron chi connectivity index (χ2n) is 5.66. The summed E-state index contributed by atoms with van der Waals surface area (Å²) in [4.78, 5) is 20.6. The number of hydrogen-bond acceptors (Lipinski definition) is 5. The van der Waals surface area contributed by atoms with Crippen LogP contribution in [0, 0.1) is 0 Å². The van der Waals surface area contributed by atoms with E-state index in [9.17, 15) is 4.79 Å². The summed E-state index contributed by atoms with van der Waals surface area (Å²) >= 11 is 7.42. The zero-order valence-electron chi connectivity index (χ0n) is 14.6. The van der Waals surface area contributed by atoms with E-state index in [1.165, 1.54) is 0 Å². The second-order valence-corrected chi connectivity index (χ2v) is 7.04. The van der Waals surface area contributed by atoms with Crippen LogP contribution in [-0.2, 0) is 5.75 Å². The van der Waals surface area contributed by atoms with E-state index in [1.807, 2.05) is 31.2 Å². The molecule has 0 aliphatic rings. The van der Waals surface area contributed by atoms with Gasteiger partial charge in [-0.1, -0.05) is 47.6 Å². The molecule has 0 fully saturated rings. The molecule has 0 bridgehead atoms. The highest BCUT2D eigenvalue weighted by atomic mass is 35.5. The molecule has 0 saturated heterocycles. The van der Waals surface area contributed by atoms with Gasteiger partial charge in [-0.3, -0.25) is 4.79 Å². The predicted octanol–water partition coefficient (Wildman–Crippen LogP) is 4.58. The third-order valence-corrected chi connectivity index (χ3v) is 4.91. The second kappa shape index (κ2) is 9.30. The zero-order valence-corrected chi connectivity index (χ0v) is 16.2. The highest BCUT2D eigenvalue weighted by Crippen LogP contribution is 2.18. The molecule has 0 saturated carbocycles. The molecule has 0 aliphatic carbocycles. The number of carbonyl (C=O) groups is 1. The Bertz CT molecular complexity index is 928. The summed E-state index contributed by atoms with van der Waals surface area (Å²) in [5.74, 6) is 0.480. The van der Waals surface area contributed by atoms with Crippen LogP contribution in [0.15, 0.2) is 77.2 Å². The number of carbonyl (C=O) groups excluding carboxylic acids is 1. The molecule has 1 amide bonds. The van der Waals surface area contributed by atoms with Crippen molar-refractivity contribution in [2.75, 3.05) is 0 Å². The standard InChI is InChI=1S/C20H17ClN4OS/c1-14(16-7-9-18(21)10-8-16)24-25-19(26)17-5-3-15(4-6-17)13-27-20-22-11-2-12-23-20/h2-12H,13H2,1H3,(H,25,26). The van der Waals surface area contributed by atoms with E-state index in [2.05, 4.69) is 20.5 Å². The van der Waals surface area contributed by atoms with E-state index in [4.69, 9.17) is 11.6 Å². The Morgan fingerprint density at radius 2 is 1.67 bits per heavy atom. The molecule has 1 N–H and O–H groups in total. The molecule has 0 aliphatic heterocycles. The lowest BCUT2D eigenvalue weighted by Crippen LogP contribution is -2.19. The first-order chi connectivity index (χ1) is 13.1. The Kier molecular flexibility index (Phi) is 6.57. The molecule has 0 unspecified atom stereocenters. The Hall–Kier alpha value is -2.70. The largest absolute Gasteiger partial charge is 0.271 e. The number of aromatic nitrogens is 2. The topological polar surface area (TPSA) is 67.2 Å². The summed E-state index contributed by atoms with van der Waals surface area (Å²) in [6, 6.07) is 16.5. The summed E-state index contributed by atoms with van der Waals surface area (Å²) in [6.45, 7) is 1.83. The summed E-state index contributed by atoms with van der Waals surface area (Å²) in [7, 11) is 0. The van der Waals surface area contributed by atoms with Crippen molar-refractivity contribution in [2.24, 2.45) is 5.10 Å². The maximum absolute atomic E-state index is 12.3. The first-order valence-corrected chi connectivity index (χ1v) is 9.57. The van der Waals surface area contributed by atoms with Crippen LogP contribution < -0.4 is 5.43 Å². The van der Waals surface area contributed by atoms with Crippen molar-refractivity contribution in [2.45, 2.75) is 17.8 Å². The van der Waals surface area contributed by atoms with Crippen LogP contribution in [0.5, 0.6) is 0 Å².